The van der Waals surface area contributed by atoms with Crippen molar-refractivity contribution < 1.29 is 0 Å². The molecule has 0 aliphatic carbocycles. The molecule has 8 nitrogen and oxygen atoms in total. The maximum atomic E-state index is 5.83. The van der Waals surface area contributed by atoms with Crippen LogP contribution < -0.4 is 11.1 Å². The van der Waals surface area contributed by atoms with Gasteiger partial charge in [0.05, 0.1) is 17.3 Å². The van der Waals surface area contributed by atoms with E-state index < -0.39 is 0 Å². The van der Waals surface area contributed by atoms with Crippen molar-refractivity contribution in [2.75, 3.05) is 11.1 Å². The van der Waals surface area contributed by atoms with E-state index in [-0.39, 0.29) is 0 Å². The number of nitrogens with two attached hydrogens (primary N) is 1. The quantitative estimate of drug-likeness (QED) is 0.595. The molecule has 0 fully saturated rings. The van der Waals surface area contributed by atoms with Gasteiger partial charge >= 0.3 is 0 Å². The number of aromatic nitrogens is 6. The van der Waals surface area contributed by atoms with Crippen molar-refractivity contribution >= 4 is 28.5 Å². The van der Waals surface area contributed by atoms with Crippen LogP contribution in [0.4, 0.5) is 17.5 Å². The van der Waals surface area contributed by atoms with E-state index in [0.717, 1.165) is 16.8 Å². The van der Waals surface area contributed by atoms with Crippen molar-refractivity contribution in [3.8, 4) is 5.69 Å². The molecule has 1 aromatic carbocycles. The molecular weight excluding hydrogens is 292 g/mol. The van der Waals surface area contributed by atoms with Gasteiger partial charge in [-0.1, -0.05) is 0 Å². The first-order valence-electron chi connectivity index (χ1n) is 6.90. The van der Waals surface area contributed by atoms with Crippen LogP contribution >= 0.6 is 0 Å². The van der Waals surface area contributed by atoms with E-state index in [9.17, 15) is 0 Å². The molecule has 3 N–H and O–H groups in total. The van der Waals surface area contributed by atoms with Gasteiger partial charge in [0.1, 0.15) is 12.1 Å². The summed E-state index contributed by atoms with van der Waals surface area (Å²) in [6.07, 6.45) is 6.46. The second-order valence-corrected chi connectivity index (χ2v) is 4.80. The van der Waals surface area contributed by atoms with Gasteiger partial charge in [-0.15, -0.1) is 0 Å². The summed E-state index contributed by atoms with van der Waals surface area (Å²) in [6.45, 7) is 0. The molecular formula is C15H12N8. The third-order valence-corrected chi connectivity index (χ3v) is 3.33. The van der Waals surface area contributed by atoms with Crippen molar-refractivity contribution in [2.45, 2.75) is 0 Å². The second kappa shape index (κ2) is 5.34. The summed E-state index contributed by atoms with van der Waals surface area (Å²) in [7, 11) is 0. The highest BCUT2D eigenvalue weighted by Gasteiger charge is 2.09. The van der Waals surface area contributed by atoms with Gasteiger partial charge in [-0.3, -0.25) is 0 Å². The summed E-state index contributed by atoms with van der Waals surface area (Å²) in [5, 5.41) is 8.18. The van der Waals surface area contributed by atoms with Crippen LogP contribution in [-0.2, 0) is 0 Å². The summed E-state index contributed by atoms with van der Waals surface area (Å²) in [5.41, 5.74) is 8.25. The Hall–Kier alpha value is -3.55. The van der Waals surface area contributed by atoms with Gasteiger partial charge in [0.15, 0.2) is 5.65 Å². The van der Waals surface area contributed by atoms with Crippen molar-refractivity contribution in [2.24, 2.45) is 0 Å². The molecule has 4 rings (SSSR count). The molecule has 0 saturated carbocycles. The first kappa shape index (κ1) is 13.1. The average molecular weight is 304 g/mol. The minimum Gasteiger partial charge on any atom is -0.383 e. The zero-order valence-electron chi connectivity index (χ0n) is 12.0. The van der Waals surface area contributed by atoms with Crippen molar-refractivity contribution in [3.05, 3.63) is 55.2 Å². The van der Waals surface area contributed by atoms with Crippen LogP contribution in [0, 0.1) is 0 Å². The van der Waals surface area contributed by atoms with E-state index in [4.69, 9.17) is 5.73 Å². The molecule has 0 radical (unpaired) electrons. The maximum Gasteiger partial charge on any atom is 0.227 e. The number of hydrogen-bond acceptors (Lipinski definition) is 7. The third-order valence-electron chi connectivity index (χ3n) is 3.33. The largest absolute Gasteiger partial charge is 0.383 e. The number of rotatable bonds is 3. The van der Waals surface area contributed by atoms with Crippen LogP contribution in [0.3, 0.4) is 0 Å². The predicted molar refractivity (Wildman–Crippen MR) is 86.4 cm³/mol. The van der Waals surface area contributed by atoms with E-state index in [1.165, 1.54) is 6.33 Å². The highest BCUT2D eigenvalue weighted by atomic mass is 15.3. The fraction of sp³-hybridized carbons (Fsp3) is 0. The monoisotopic (exact) mass is 304 g/mol. The SMILES string of the molecule is Nc1ncnc2c1cnn2-c1ccc(Nc2ncccn2)cc1. The van der Waals surface area contributed by atoms with E-state index in [1.807, 2.05) is 24.3 Å². The van der Waals surface area contributed by atoms with Crippen LogP contribution in [0.15, 0.2) is 55.2 Å². The molecule has 0 unspecified atom stereocenters. The molecule has 0 aliphatic rings. The highest BCUT2D eigenvalue weighted by molar-refractivity contribution is 5.85. The Labute approximate surface area is 131 Å². The molecule has 0 atom stereocenters. The summed E-state index contributed by atoms with van der Waals surface area (Å²) >= 11 is 0. The van der Waals surface area contributed by atoms with E-state index in [1.54, 1.807) is 29.3 Å². The first-order valence-corrected chi connectivity index (χ1v) is 6.90. The molecule has 0 bridgehead atoms. The molecule has 0 aliphatic heterocycles. The van der Waals surface area contributed by atoms with Gasteiger partial charge in [-0.2, -0.15) is 5.10 Å². The molecule has 4 aromatic rings. The molecule has 0 spiro atoms. The smallest absolute Gasteiger partial charge is 0.227 e. The second-order valence-electron chi connectivity index (χ2n) is 4.80. The Morgan fingerprint density at radius 1 is 0.957 bits per heavy atom. The lowest BCUT2D eigenvalue weighted by Gasteiger charge is -2.06. The summed E-state index contributed by atoms with van der Waals surface area (Å²) in [4.78, 5) is 16.5. The highest BCUT2D eigenvalue weighted by Crippen LogP contribution is 2.21. The van der Waals surface area contributed by atoms with Crippen LogP contribution in [0.2, 0.25) is 0 Å². The number of nitrogens with one attached hydrogen (secondary N) is 1. The Morgan fingerprint density at radius 3 is 2.52 bits per heavy atom. The van der Waals surface area contributed by atoms with Crippen LogP contribution in [0.5, 0.6) is 0 Å². The molecule has 112 valence electrons. The average Bonchev–Trinajstić information content (AvgIpc) is 3.02. The van der Waals surface area contributed by atoms with E-state index in [0.29, 0.717) is 17.4 Å². The number of nitrogens with zero attached hydrogens (tertiary/aromatic N) is 6. The van der Waals surface area contributed by atoms with Gasteiger partial charge < -0.3 is 11.1 Å². The topological polar surface area (TPSA) is 107 Å². The van der Waals surface area contributed by atoms with Crippen LogP contribution in [0.25, 0.3) is 16.7 Å². The standard InChI is InChI=1S/C15H12N8/c16-13-12-8-21-23(14(12)20-9-19-13)11-4-2-10(3-5-11)22-15-17-6-1-7-18-15/h1-9H,(H2,16,19,20)(H,17,18,22). The van der Waals surface area contributed by atoms with Gasteiger partial charge in [0.25, 0.3) is 0 Å². The molecule has 8 heteroatoms. The van der Waals surface area contributed by atoms with Gasteiger partial charge in [0.2, 0.25) is 5.95 Å². The molecule has 3 heterocycles. The van der Waals surface area contributed by atoms with E-state index >= 15 is 0 Å². The normalized spacial score (nSPS) is 10.8. The summed E-state index contributed by atoms with van der Waals surface area (Å²) < 4.78 is 1.72. The number of nitrogen functional groups attached to an aromatic ring is 1. The summed E-state index contributed by atoms with van der Waals surface area (Å²) in [5.74, 6) is 0.964. The zero-order chi connectivity index (χ0) is 15.6. The lowest BCUT2D eigenvalue weighted by atomic mass is 10.3. The predicted octanol–water partition coefficient (Wildman–Crippen LogP) is 1.93. The molecule has 0 saturated heterocycles. The lowest BCUT2D eigenvalue weighted by molar-refractivity contribution is 0.895. The zero-order valence-corrected chi connectivity index (χ0v) is 12.0. The first-order chi connectivity index (χ1) is 11.3. The number of hydrogen-bond donors (Lipinski definition) is 2. The number of anilines is 3. The van der Waals surface area contributed by atoms with Crippen LogP contribution in [0.1, 0.15) is 0 Å². The Kier molecular flexibility index (Phi) is 3.05. The van der Waals surface area contributed by atoms with Crippen molar-refractivity contribution in [1.82, 2.24) is 29.7 Å². The Bertz CT molecular complexity index is 946. The fourth-order valence-corrected chi connectivity index (χ4v) is 2.23. The van der Waals surface area contributed by atoms with Gasteiger partial charge in [0, 0.05) is 18.1 Å². The molecule has 23 heavy (non-hydrogen) atoms. The van der Waals surface area contributed by atoms with E-state index in [2.05, 4.69) is 30.4 Å². The van der Waals surface area contributed by atoms with Crippen LogP contribution in [-0.4, -0.2) is 29.7 Å². The minimum absolute atomic E-state index is 0.417. The fourth-order valence-electron chi connectivity index (χ4n) is 2.23. The molecule has 3 aromatic heterocycles. The third kappa shape index (κ3) is 2.42. The van der Waals surface area contributed by atoms with Gasteiger partial charge in [-0.25, -0.2) is 24.6 Å². The Morgan fingerprint density at radius 2 is 1.74 bits per heavy atom. The summed E-state index contributed by atoms with van der Waals surface area (Å²) in [6, 6.07) is 9.46. The number of benzene rings is 1. The Balaban J connectivity index is 1.66. The molecule has 0 amide bonds. The van der Waals surface area contributed by atoms with Crippen molar-refractivity contribution in [1.29, 1.82) is 0 Å². The van der Waals surface area contributed by atoms with Crippen molar-refractivity contribution in [3.63, 3.8) is 0 Å². The minimum atomic E-state index is 0.417. The maximum absolute atomic E-state index is 5.83. The lowest BCUT2D eigenvalue weighted by Crippen LogP contribution is -2.00. The van der Waals surface area contributed by atoms with Gasteiger partial charge in [-0.05, 0) is 30.3 Å². The number of fused-ring (bicyclic) bond motifs is 1.